The van der Waals surface area contributed by atoms with Gasteiger partial charge in [-0.25, -0.2) is 13.9 Å². The van der Waals surface area contributed by atoms with Gasteiger partial charge in [-0.2, -0.15) is 0 Å². The van der Waals surface area contributed by atoms with E-state index in [0.29, 0.717) is 22.8 Å². The van der Waals surface area contributed by atoms with E-state index in [0.717, 1.165) is 0 Å². The first-order chi connectivity index (χ1) is 12.2. The number of nitrogens with one attached hydrogen (secondary N) is 1. The van der Waals surface area contributed by atoms with Gasteiger partial charge in [-0.15, -0.1) is 0 Å². The van der Waals surface area contributed by atoms with Gasteiger partial charge in [0.05, 0.1) is 28.5 Å². The Balaban J connectivity index is 1.99. The van der Waals surface area contributed by atoms with Crippen molar-refractivity contribution in [3.05, 3.63) is 89.2 Å². The Labute approximate surface area is 142 Å². The van der Waals surface area contributed by atoms with E-state index in [1.165, 1.54) is 22.8 Å². The molecule has 1 N–H and O–H groups in total. The first-order valence-corrected chi connectivity index (χ1v) is 7.67. The molecule has 0 radical (unpaired) electrons. The van der Waals surface area contributed by atoms with E-state index in [1.807, 2.05) is 24.3 Å². The average Bonchev–Trinajstić information content (AvgIpc) is 2.64. The quantitative estimate of drug-likeness (QED) is 0.622. The minimum atomic E-state index is -0.473. The van der Waals surface area contributed by atoms with Crippen molar-refractivity contribution < 1.29 is 4.39 Å². The lowest BCUT2D eigenvalue weighted by atomic mass is 10.2. The summed E-state index contributed by atoms with van der Waals surface area (Å²) in [5.74, 6) is -0.137. The molecule has 0 aliphatic heterocycles. The molecule has 0 spiro atoms. The van der Waals surface area contributed by atoms with Crippen molar-refractivity contribution in [1.82, 2.24) is 14.5 Å². The molecule has 0 saturated heterocycles. The molecule has 4 rings (SSSR count). The van der Waals surface area contributed by atoms with Gasteiger partial charge in [0.1, 0.15) is 5.82 Å². The second-order valence-electron chi connectivity index (χ2n) is 5.44. The molecule has 6 heteroatoms. The summed E-state index contributed by atoms with van der Waals surface area (Å²) in [6.45, 7) is 0. The van der Waals surface area contributed by atoms with Gasteiger partial charge in [-0.3, -0.25) is 9.78 Å². The maximum atomic E-state index is 13.6. The highest BCUT2D eigenvalue weighted by molar-refractivity contribution is 5.80. The van der Waals surface area contributed by atoms with Gasteiger partial charge in [0.25, 0.3) is 5.56 Å². The lowest BCUT2D eigenvalue weighted by Crippen LogP contribution is -2.22. The zero-order valence-electron chi connectivity index (χ0n) is 13.1. The predicted molar refractivity (Wildman–Crippen MR) is 94.8 cm³/mol. The predicted octanol–water partition coefficient (Wildman–Crippen LogP) is 3.66. The zero-order chi connectivity index (χ0) is 17.2. The molecule has 0 aliphatic carbocycles. The zero-order valence-corrected chi connectivity index (χ0v) is 13.1. The first kappa shape index (κ1) is 15.0. The molecule has 0 aliphatic rings. The molecule has 25 heavy (non-hydrogen) atoms. The van der Waals surface area contributed by atoms with Crippen LogP contribution in [0.15, 0.2) is 77.9 Å². The lowest BCUT2D eigenvalue weighted by Gasteiger charge is -2.14. The van der Waals surface area contributed by atoms with Gasteiger partial charge < -0.3 is 5.32 Å². The second kappa shape index (κ2) is 6.16. The molecular weight excluding hydrogens is 319 g/mol. The SMILES string of the molecule is O=c1c2cc(F)ccc2nc(Nc2cccnc2)n1-c1ccccc1. The number of halogens is 1. The Morgan fingerprint density at radius 2 is 1.84 bits per heavy atom. The van der Waals surface area contributed by atoms with Crippen LogP contribution in [0.5, 0.6) is 0 Å². The highest BCUT2D eigenvalue weighted by Crippen LogP contribution is 2.20. The van der Waals surface area contributed by atoms with Gasteiger partial charge in [-0.1, -0.05) is 18.2 Å². The summed E-state index contributed by atoms with van der Waals surface area (Å²) in [6, 6.07) is 16.7. The number of rotatable bonds is 3. The van der Waals surface area contributed by atoms with Gasteiger partial charge in [0, 0.05) is 6.20 Å². The second-order valence-corrected chi connectivity index (χ2v) is 5.44. The van der Waals surface area contributed by atoms with Crippen molar-refractivity contribution >= 4 is 22.5 Å². The van der Waals surface area contributed by atoms with E-state index in [4.69, 9.17) is 0 Å². The van der Waals surface area contributed by atoms with Crippen molar-refractivity contribution in [3.63, 3.8) is 0 Å². The first-order valence-electron chi connectivity index (χ1n) is 7.67. The Bertz CT molecular complexity index is 1090. The molecule has 2 aromatic heterocycles. The molecule has 4 aromatic rings. The molecule has 2 aromatic carbocycles. The average molecular weight is 332 g/mol. The van der Waals surface area contributed by atoms with Crippen molar-refractivity contribution in [2.75, 3.05) is 5.32 Å². The summed E-state index contributed by atoms with van der Waals surface area (Å²) in [5.41, 5.74) is 1.41. The Morgan fingerprint density at radius 1 is 1.00 bits per heavy atom. The number of aromatic nitrogens is 3. The molecule has 122 valence electrons. The fourth-order valence-electron chi connectivity index (χ4n) is 2.62. The monoisotopic (exact) mass is 332 g/mol. The summed E-state index contributed by atoms with van der Waals surface area (Å²) in [4.78, 5) is 21.6. The van der Waals surface area contributed by atoms with E-state index < -0.39 is 5.82 Å². The number of hydrogen-bond acceptors (Lipinski definition) is 4. The Kier molecular flexibility index (Phi) is 3.70. The minimum absolute atomic E-state index is 0.223. The van der Waals surface area contributed by atoms with Crippen LogP contribution in [0.1, 0.15) is 0 Å². The number of para-hydroxylation sites is 1. The van der Waals surface area contributed by atoms with Crippen LogP contribution in [-0.2, 0) is 0 Å². The molecule has 2 heterocycles. The normalized spacial score (nSPS) is 10.8. The third kappa shape index (κ3) is 2.85. The highest BCUT2D eigenvalue weighted by atomic mass is 19.1. The van der Waals surface area contributed by atoms with Crippen molar-refractivity contribution in [2.24, 2.45) is 0 Å². The number of hydrogen-bond donors (Lipinski definition) is 1. The minimum Gasteiger partial charge on any atom is -0.324 e. The van der Waals surface area contributed by atoms with E-state index in [2.05, 4.69) is 15.3 Å². The van der Waals surface area contributed by atoms with Gasteiger partial charge in [0.15, 0.2) is 0 Å². The molecule has 0 unspecified atom stereocenters. The molecule has 5 nitrogen and oxygen atoms in total. The van der Waals surface area contributed by atoms with Gasteiger partial charge in [0.2, 0.25) is 5.95 Å². The Morgan fingerprint density at radius 3 is 2.60 bits per heavy atom. The fraction of sp³-hybridized carbons (Fsp3) is 0. The van der Waals surface area contributed by atoms with Gasteiger partial charge in [-0.05, 0) is 42.5 Å². The van der Waals surface area contributed by atoms with Crippen LogP contribution < -0.4 is 10.9 Å². The maximum Gasteiger partial charge on any atom is 0.267 e. The van der Waals surface area contributed by atoms with Crippen LogP contribution in [-0.4, -0.2) is 14.5 Å². The summed E-state index contributed by atoms with van der Waals surface area (Å²) in [6.07, 6.45) is 3.29. The number of nitrogens with zero attached hydrogens (tertiary/aromatic N) is 3. The summed E-state index contributed by atoms with van der Waals surface area (Å²) in [5, 5.41) is 3.34. The van der Waals surface area contributed by atoms with Crippen LogP contribution in [0.3, 0.4) is 0 Å². The van der Waals surface area contributed by atoms with E-state index in [1.54, 1.807) is 30.6 Å². The lowest BCUT2D eigenvalue weighted by molar-refractivity contribution is 0.629. The third-order valence-corrected chi connectivity index (χ3v) is 3.76. The number of benzene rings is 2. The van der Waals surface area contributed by atoms with Crippen LogP contribution in [0, 0.1) is 5.82 Å². The smallest absolute Gasteiger partial charge is 0.267 e. The van der Waals surface area contributed by atoms with Crippen molar-refractivity contribution in [2.45, 2.75) is 0 Å². The number of fused-ring (bicyclic) bond motifs is 1. The number of anilines is 2. The van der Waals surface area contributed by atoms with Crippen LogP contribution in [0.4, 0.5) is 16.0 Å². The Hall–Kier alpha value is -3.54. The van der Waals surface area contributed by atoms with Crippen molar-refractivity contribution in [1.29, 1.82) is 0 Å². The summed E-state index contributed by atoms with van der Waals surface area (Å²) in [7, 11) is 0. The molecule has 0 fully saturated rings. The topological polar surface area (TPSA) is 59.8 Å². The van der Waals surface area contributed by atoms with Gasteiger partial charge >= 0.3 is 0 Å². The van der Waals surface area contributed by atoms with E-state index in [9.17, 15) is 9.18 Å². The van der Waals surface area contributed by atoms with Crippen LogP contribution >= 0.6 is 0 Å². The fourth-order valence-corrected chi connectivity index (χ4v) is 2.62. The molecule has 0 amide bonds. The summed E-state index contributed by atoms with van der Waals surface area (Å²) < 4.78 is 15.0. The molecule has 0 saturated carbocycles. The highest BCUT2D eigenvalue weighted by Gasteiger charge is 2.13. The maximum absolute atomic E-state index is 13.6. The van der Waals surface area contributed by atoms with E-state index in [-0.39, 0.29) is 10.9 Å². The summed E-state index contributed by atoms with van der Waals surface area (Å²) >= 11 is 0. The van der Waals surface area contributed by atoms with Crippen LogP contribution in [0.2, 0.25) is 0 Å². The third-order valence-electron chi connectivity index (χ3n) is 3.76. The molecular formula is C19H13FN4O. The van der Waals surface area contributed by atoms with Crippen LogP contribution in [0.25, 0.3) is 16.6 Å². The van der Waals surface area contributed by atoms with Crippen molar-refractivity contribution in [3.8, 4) is 5.69 Å². The van der Waals surface area contributed by atoms with E-state index >= 15 is 0 Å². The molecule has 0 bridgehead atoms. The largest absolute Gasteiger partial charge is 0.324 e. The molecule has 0 atom stereocenters. The standard InChI is InChI=1S/C19H13FN4O/c20-13-8-9-17-16(11-13)18(25)24(15-6-2-1-3-7-15)19(23-17)22-14-5-4-10-21-12-14/h1-12H,(H,22,23). The number of pyridine rings is 1.